The van der Waals surface area contributed by atoms with Gasteiger partial charge in [-0.1, -0.05) is 18.2 Å². The second-order valence-electron chi connectivity index (χ2n) is 7.63. The van der Waals surface area contributed by atoms with E-state index >= 15 is 0 Å². The first-order valence-corrected chi connectivity index (χ1v) is 12.9. The fourth-order valence-corrected chi connectivity index (χ4v) is 6.28. The predicted molar refractivity (Wildman–Crippen MR) is 129 cm³/mol. The SMILES string of the molecule is CCOC(=O)c1sc(NC(=O)c2ccc(S(=O)(=O)N3CCCc4ccccc43)cc2)cc1C. The molecule has 2 heterocycles. The molecule has 0 saturated carbocycles. The molecule has 1 aliphatic rings. The largest absolute Gasteiger partial charge is 0.462 e. The van der Waals surface area contributed by atoms with Crippen molar-refractivity contribution in [1.82, 2.24) is 0 Å². The summed E-state index contributed by atoms with van der Waals surface area (Å²) in [6.45, 7) is 4.20. The van der Waals surface area contributed by atoms with Crippen LogP contribution in [0, 0.1) is 6.92 Å². The number of amides is 1. The number of esters is 1. The van der Waals surface area contributed by atoms with E-state index in [4.69, 9.17) is 4.74 Å². The first-order valence-electron chi connectivity index (χ1n) is 10.6. The van der Waals surface area contributed by atoms with Gasteiger partial charge in [-0.05, 0) is 74.2 Å². The average molecular weight is 485 g/mol. The lowest BCUT2D eigenvalue weighted by atomic mass is 10.0. The minimum absolute atomic E-state index is 0.132. The van der Waals surface area contributed by atoms with Crippen LogP contribution in [0.15, 0.2) is 59.5 Å². The van der Waals surface area contributed by atoms with Gasteiger partial charge in [0, 0.05) is 12.1 Å². The molecule has 0 atom stereocenters. The van der Waals surface area contributed by atoms with Gasteiger partial charge in [0.25, 0.3) is 15.9 Å². The van der Waals surface area contributed by atoms with Crippen molar-refractivity contribution in [1.29, 1.82) is 0 Å². The number of nitrogens with one attached hydrogen (secondary N) is 1. The molecule has 2 aromatic carbocycles. The molecule has 172 valence electrons. The van der Waals surface area contributed by atoms with Crippen molar-refractivity contribution in [2.24, 2.45) is 0 Å². The fraction of sp³-hybridized carbons (Fsp3) is 0.250. The Labute approximate surface area is 197 Å². The summed E-state index contributed by atoms with van der Waals surface area (Å²) in [5.41, 5.74) is 2.75. The number of hydrogen-bond acceptors (Lipinski definition) is 6. The Morgan fingerprint density at radius 1 is 1.12 bits per heavy atom. The Kier molecular flexibility index (Phi) is 6.53. The van der Waals surface area contributed by atoms with Gasteiger partial charge in [-0.15, -0.1) is 11.3 Å². The number of carbonyl (C=O) groups is 2. The summed E-state index contributed by atoms with van der Waals surface area (Å²) in [5.74, 6) is -0.812. The van der Waals surface area contributed by atoms with Crippen LogP contribution in [0.1, 0.15) is 44.5 Å². The second-order valence-corrected chi connectivity index (χ2v) is 10.5. The fourth-order valence-electron chi connectivity index (χ4n) is 3.78. The Balaban J connectivity index is 1.51. The molecule has 0 radical (unpaired) electrons. The number of hydrogen-bond donors (Lipinski definition) is 1. The average Bonchev–Trinajstić information content (AvgIpc) is 3.18. The number of ether oxygens (including phenoxy) is 1. The van der Waals surface area contributed by atoms with Gasteiger partial charge in [0.05, 0.1) is 22.2 Å². The monoisotopic (exact) mass is 484 g/mol. The van der Waals surface area contributed by atoms with E-state index in [9.17, 15) is 18.0 Å². The summed E-state index contributed by atoms with van der Waals surface area (Å²) in [6, 6.07) is 15.1. The van der Waals surface area contributed by atoms with Gasteiger partial charge in [0.2, 0.25) is 0 Å². The van der Waals surface area contributed by atoms with Crippen molar-refractivity contribution in [3.05, 3.63) is 76.2 Å². The van der Waals surface area contributed by atoms with Gasteiger partial charge in [-0.2, -0.15) is 0 Å². The molecule has 0 bridgehead atoms. The molecule has 33 heavy (non-hydrogen) atoms. The van der Waals surface area contributed by atoms with Crippen LogP contribution in [0.5, 0.6) is 0 Å². The molecule has 0 aliphatic carbocycles. The summed E-state index contributed by atoms with van der Waals surface area (Å²) >= 11 is 1.14. The zero-order valence-corrected chi connectivity index (χ0v) is 20.0. The quantitative estimate of drug-likeness (QED) is 0.515. The molecule has 1 N–H and O–H groups in total. The van der Waals surface area contributed by atoms with Gasteiger partial charge >= 0.3 is 5.97 Å². The molecule has 0 saturated heterocycles. The Bertz CT molecular complexity index is 1300. The molecule has 0 fully saturated rings. The van der Waals surface area contributed by atoms with Crippen molar-refractivity contribution in [2.45, 2.75) is 31.6 Å². The number of benzene rings is 2. The highest BCUT2D eigenvalue weighted by Crippen LogP contribution is 2.32. The smallest absolute Gasteiger partial charge is 0.348 e. The molecule has 7 nitrogen and oxygen atoms in total. The molecule has 9 heteroatoms. The van der Waals surface area contributed by atoms with Crippen LogP contribution >= 0.6 is 11.3 Å². The van der Waals surface area contributed by atoms with E-state index in [1.807, 2.05) is 24.3 Å². The minimum atomic E-state index is -3.74. The third-order valence-electron chi connectivity index (χ3n) is 5.39. The van der Waals surface area contributed by atoms with E-state index in [-0.39, 0.29) is 17.4 Å². The van der Waals surface area contributed by atoms with Crippen molar-refractivity contribution in [3.63, 3.8) is 0 Å². The first-order chi connectivity index (χ1) is 15.8. The summed E-state index contributed by atoms with van der Waals surface area (Å²) < 4.78 is 33.0. The lowest BCUT2D eigenvalue weighted by Gasteiger charge is -2.30. The van der Waals surface area contributed by atoms with E-state index in [2.05, 4.69) is 5.32 Å². The van der Waals surface area contributed by atoms with Crippen molar-refractivity contribution in [3.8, 4) is 0 Å². The molecule has 1 amide bonds. The van der Waals surface area contributed by atoms with Crippen LogP contribution in [-0.2, 0) is 21.2 Å². The number of aryl methyl sites for hydroxylation is 2. The second kappa shape index (κ2) is 9.36. The van der Waals surface area contributed by atoms with Crippen LogP contribution < -0.4 is 9.62 Å². The van der Waals surface area contributed by atoms with E-state index in [1.54, 1.807) is 19.9 Å². The third kappa shape index (κ3) is 4.65. The Morgan fingerprint density at radius 2 is 1.85 bits per heavy atom. The number of anilines is 2. The molecule has 1 aliphatic heterocycles. The van der Waals surface area contributed by atoms with E-state index < -0.39 is 16.0 Å². The van der Waals surface area contributed by atoms with Crippen LogP contribution in [0.2, 0.25) is 0 Å². The highest BCUT2D eigenvalue weighted by atomic mass is 32.2. The summed E-state index contributed by atoms with van der Waals surface area (Å²) in [6.07, 6.45) is 1.60. The maximum atomic E-state index is 13.3. The Hall–Kier alpha value is -3.17. The molecule has 3 aromatic rings. The van der Waals surface area contributed by atoms with Crippen molar-refractivity contribution < 1.29 is 22.7 Å². The predicted octanol–water partition coefficient (Wildman–Crippen LogP) is 4.63. The minimum Gasteiger partial charge on any atom is -0.462 e. The lowest BCUT2D eigenvalue weighted by Crippen LogP contribution is -2.35. The normalized spacial score (nSPS) is 13.3. The number of thiophene rings is 1. The standard InChI is InChI=1S/C24H24N2O5S2/c1-3-31-24(28)22-16(2)15-21(32-22)25-23(27)18-10-12-19(13-11-18)33(29,30)26-14-6-8-17-7-4-5-9-20(17)26/h4-5,7,9-13,15H,3,6,8,14H2,1-2H3,(H,25,27). The highest BCUT2D eigenvalue weighted by Gasteiger charge is 2.29. The number of nitrogens with zero attached hydrogens (tertiary/aromatic N) is 1. The van der Waals surface area contributed by atoms with Crippen molar-refractivity contribution >= 4 is 43.9 Å². The van der Waals surface area contributed by atoms with Crippen LogP contribution in [-0.4, -0.2) is 33.4 Å². The van der Waals surface area contributed by atoms with Crippen LogP contribution in [0.25, 0.3) is 0 Å². The molecular weight excluding hydrogens is 460 g/mol. The highest BCUT2D eigenvalue weighted by molar-refractivity contribution is 7.92. The van der Waals surface area contributed by atoms with Gasteiger partial charge in [0.1, 0.15) is 4.88 Å². The lowest BCUT2D eigenvalue weighted by molar-refractivity contribution is 0.0531. The van der Waals surface area contributed by atoms with E-state index in [0.29, 0.717) is 27.7 Å². The Morgan fingerprint density at radius 3 is 2.58 bits per heavy atom. The van der Waals surface area contributed by atoms with Gasteiger partial charge < -0.3 is 10.1 Å². The number of carbonyl (C=O) groups excluding carboxylic acids is 2. The number of para-hydroxylation sites is 1. The first kappa shape index (κ1) is 23.0. The molecule has 4 rings (SSSR count). The molecule has 0 unspecified atom stereocenters. The maximum absolute atomic E-state index is 13.3. The van der Waals surface area contributed by atoms with Crippen LogP contribution in [0.3, 0.4) is 0 Å². The zero-order chi connectivity index (χ0) is 23.6. The van der Waals surface area contributed by atoms with Gasteiger partial charge in [-0.25, -0.2) is 13.2 Å². The number of rotatable bonds is 6. The molecule has 0 spiro atoms. The summed E-state index contributed by atoms with van der Waals surface area (Å²) in [4.78, 5) is 25.2. The van der Waals surface area contributed by atoms with E-state index in [0.717, 1.165) is 35.3 Å². The van der Waals surface area contributed by atoms with Gasteiger partial charge in [-0.3, -0.25) is 9.10 Å². The van der Waals surface area contributed by atoms with Crippen molar-refractivity contribution in [2.75, 3.05) is 22.8 Å². The number of fused-ring (bicyclic) bond motifs is 1. The van der Waals surface area contributed by atoms with Crippen LogP contribution in [0.4, 0.5) is 10.7 Å². The number of sulfonamides is 1. The topological polar surface area (TPSA) is 92.8 Å². The van der Waals surface area contributed by atoms with E-state index in [1.165, 1.54) is 28.6 Å². The van der Waals surface area contributed by atoms with Gasteiger partial charge in [0.15, 0.2) is 0 Å². The molecule has 1 aromatic heterocycles. The summed E-state index contributed by atoms with van der Waals surface area (Å²) in [7, 11) is -3.74. The summed E-state index contributed by atoms with van der Waals surface area (Å²) in [5, 5.41) is 3.28. The third-order valence-corrected chi connectivity index (χ3v) is 8.35. The zero-order valence-electron chi connectivity index (χ0n) is 18.3. The maximum Gasteiger partial charge on any atom is 0.348 e. The molecular formula is C24H24N2O5S2.